The van der Waals surface area contributed by atoms with Crippen LogP contribution in [0, 0.1) is 17.0 Å². The molecule has 1 fully saturated rings. The van der Waals surface area contributed by atoms with Gasteiger partial charge in [-0.25, -0.2) is 4.68 Å². The van der Waals surface area contributed by atoms with Crippen molar-refractivity contribution in [1.82, 2.24) is 14.7 Å². The lowest BCUT2D eigenvalue weighted by Gasteiger charge is -2.13. The van der Waals surface area contributed by atoms with E-state index in [2.05, 4.69) is 10.1 Å². The van der Waals surface area contributed by atoms with Crippen molar-refractivity contribution in [3.63, 3.8) is 0 Å². The number of nitro groups is 1. The Hall–Kier alpha value is -3.23. The van der Waals surface area contributed by atoms with Crippen LogP contribution in [0.25, 0.3) is 5.69 Å². The number of carbonyl (C=O) groups excluding carboxylic acids is 1. The molecular formula is C18H21N5O4. The first-order chi connectivity index (χ1) is 13.0. The molecule has 1 N–H and O–H groups in total. The Bertz CT molecular complexity index is 926. The molecule has 2 heterocycles. The number of aliphatic imine (C=N–C) groups is 1. The number of likely N-dealkylation sites (tertiary alicyclic amines) is 1. The average Bonchev–Trinajstić information content (AvgIpc) is 3.18. The van der Waals surface area contributed by atoms with Crippen LogP contribution < -0.4 is 5.56 Å². The number of aromatic nitrogens is 2. The second-order valence-electron chi connectivity index (χ2n) is 6.44. The highest BCUT2D eigenvalue weighted by molar-refractivity contribution is 5.80. The average molecular weight is 371 g/mol. The van der Waals surface area contributed by atoms with Crippen LogP contribution in [0.15, 0.2) is 34.1 Å². The van der Waals surface area contributed by atoms with E-state index in [0.717, 1.165) is 19.4 Å². The van der Waals surface area contributed by atoms with Gasteiger partial charge in [-0.1, -0.05) is 0 Å². The van der Waals surface area contributed by atoms with Crippen LogP contribution in [0.3, 0.4) is 0 Å². The summed E-state index contributed by atoms with van der Waals surface area (Å²) in [5.41, 5.74) is 1.33. The summed E-state index contributed by atoms with van der Waals surface area (Å²) in [6.07, 6.45) is 3.85. The predicted octanol–water partition coefficient (Wildman–Crippen LogP) is 1.81. The summed E-state index contributed by atoms with van der Waals surface area (Å²) in [4.78, 5) is 40.5. The Labute approximate surface area is 155 Å². The quantitative estimate of drug-likeness (QED) is 0.346. The predicted molar refractivity (Wildman–Crippen MR) is 101 cm³/mol. The van der Waals surface area contributed by atoms with Crippen molar-refractivity contribution in [3.8, 4) is 5.69 Å². The van der Waals surface area contributed by atoms with Crippen LogP contribution in [-0.2, 0) is 4.79 Å². The van der Waals surface area contributed by atoms with E-state index in [1.807, 2.05) is 4.90 Å². The molecule has 0 bridgehead atoms. The van der Waals surface area contributed by atoms with Gasteiger partial charge in [-0.3, -0.25) is 29.8 Å². The van der Waals surface area contributed by atoms with Crippen molar-refractivity contribution in [3.05, 3.63) is 56.0 Å². The van der Waals surface area contributed by atoms with Crippen LogP contribution >= 0.6 is 0 Å². The summed E-state index contributed by atoms with van der Waals surface area (Å²) < 4.78 is 1.34. The smallest absolute Gasteiger partial charge is 0.280 e. The zero-order valence-corrected chi connectivity index (χ0v) is 15.1. The minimum Gasteiger partial charge on any atom is -0.343 e. The van der Waals surface area contributed by atoms with Crippen molar-refractivity contribution in [1.29, 1.82) is 0 Å². The molecule has 0 spiro atoms. The summed E-state index contributed by atoms with van der Waals surface area (Å²) >= 11 is 0. The van der Waals surface area contributed by atoms with E-state index >= 15 is 0 Å². The summed E-state index contributed by atoms with van der Waals surface area (Å²) in [5, 5.41) is 13.7. The molecule has 1 aromatic carbocycles. The summed E-state index contributed by atoms with van der Waals surface area (Å²) in [7, 11) is 0. The molecule has 1 amide bonds. The molecule has 1 saturated heterocycles. The molecule has 1 aromatic heterocycles. The highest BCUT2D eigenvalue weighted by atomic mass is 16.6. The Morgan fingerprint density at radius 1 is 1.30 bits per heavy atom. The Balaban J connectivity index is 1.65. The van der Waals surface area contributed by atoms with E-state index in [0.29, 0.717) is 36.5 Å². The van der Waals surface area contributed by atoms with Gasteiger partial charge in [-0.2, -0.15) is 0 Å². The van der Waals surface area contributed by atoms with Gasteiger partial charge in [0.1, 0.15) is 0 Å². The molecule has 9 nitrogen and oxygen atoms in total. The minimum atomic E-state index is -0.486. The maximum atomic E-state index is 12.6. The normalized spacial score (nSPS) is 14.4. The standard InChI is InChI=1S/C18H21N5O4/c1-13-16(12-19-9-3-11-21-10-2-4-17(21)24)18(25)22(20-13)14-5-7-15(8-6-14)23(26)27/h5-8,12,20H,2-4,9-11H2,1H3. The Kier molecular flexibility index (Phi) is 5.49. The number of hydrogen-bond acceptors (Lipinski definition) is 5. The van der Waals surface area contributed by atoms with E-state index in [1.54, 1.807) is 13.1 Å². The number of non-ortho nitro benzene ring substituents is 1. The van der Waals surface area contributed by atoms with E-state index in [-0.39, 0.29) is 17.2 Å². The fourth-order valence-corrected chi connectivity index (χ4v) is 3.07. The molecule has 3 rings (SSSR count). The van der Waals surface area contributed by atoms with Crippen molar-refractivity contribution >= 4 is 17.8 Å². The number of benzene rings is 1. The number of aryl methyl sites for hydroxylation is 1. The van der Waals surface area contributed by atoms with Crippen molar-refractivity contribution in [2.75, 3.05) is 19.6 Å². The van der Waals surface area contributed by atoms with Crippen LogP contribution in [-0.4, -0.2) is 51.4 Å². The third-order valence-corrected chi connectivity index (χ3v) is 4.54. The maximum Gasteiger partial charge on any atom is 0.280 e. The van der Waals surface area contributed by atoms with Gasteiger partial charge < -0.3 is 4.90 Å². The number of H-pyrrole nitrogens is 1. The summed E-state index contributed by atoms with van der Waals surface area (Å²) in [6, 6.07) is 5.74. The van der Waals surface area contributed by atoms with Gasteiger partial charge in [-0.05, 0) is 31.9 Å². The van der Waals surface area contributed by atoms with Crippen LogP contribution in [0.4, 0.5) is 5.69 Å². The molecule has 2 aromatic rings. The number of nitrogens with zero attached hydrogens (tertiary/aromatic N) is 4. The number of hydrogen-bond donors (Lipinski definition) is 1. The molecule has 0 saturated carbocycles. The van der Waals surface area contributed by atoms with E-state index in [1.165, 1.54) is 28.9 Å². The number of nitro benzene ring substituents is 1. The first kappa shape index (κ1) is 18.6. The van der Waals surface area contributed by atoms with Gasteiger partial charge in [0.15, 0.2) is 0 Å². The second kappa shape index (κ2) is 7.98. The molecule has 27 heavy (non-hydrogen) atoms. The lowest BCUT2D eigenvalue weighted by atomic mass is 10.2. The third kappa shape index (κ3) is 4.13. The highest BCUT2D eigenvalue weighted by Gasteiger charge is 2.18. The molecule has 142 valence electrons. The molecule has 0 unspecified atom stereocenters. The molecule has 1 aliphatic heterocycles. The fourth-order valence-electron chi connectivity index (χ4n) is 3.07. The van der Waals surface area contributed by atoms with Gasteiger partial charge in [0.05, 0.1) is 16.2 Å². The van der Waals surface area contributed by atoms with Crippen molar-refractivity contribution in [2.24, 2.45) is 4.99 Å². The first-order valence-corrected chi connectivity index (χ1v) is 8.81. The van der Waals surface area contributed by atoms with Crippen LogP contribution in [0.5, 0.6) is 0 Å². The molecule has 0 aliphatic carbocycles. The van der Waals surface area contributed by atoms with Crippen molar-refractivity contribution in [2.45, 2.75) is 26.2 Å². The van der Waals surface area contributed by atoms with Gasteiger partial charge in [0.2, 0.25) is 5.91 Å². The molecule has 1 aliphatic rings. The van der Waals surface area contributed by atoms with Gasteiger partial charge >= 0.3 is 0 Å². The topological polar surface area (TPSA) is 114 Å². The number of carbonyl (C=O) groups is 1. The second-order valence-corrected chi connectivity index (χ2v) is 6.44. The minimum absolute atomic E-state index is 0.0339. The molecule has 9 heteroatoms. The zero-order valence-electron chi connectivity index (χ0n) is 15.1. The molecule has 0 atom stereocenters. The number of rotatable bonds is 7. The maximum absolute atomic E-state index is 12.6. The fraction of sp³-hybridized carbons (Fsp3) is 0.389. The molecule has 0 radical (unpaired) electrons. The lowest BCUT2D eigenvalue weighted by molar-refractivity contribution is -0.384. The van der Waals surface area contributed by atoms with Gasteiger partial charge in [0.25, 0.3) is 11.2 Å². The highest BCUT2D eigenvalue weighted by Crippen LogP contribution is 2.14. The monoisotopic (exact) mass is 371 g/mol. The van der Waals surface area contributed by atoms with Gasteiger partial charge in [-0.15, -0.1) is 0 Å². The van der Waals surface area contributed by atoms with E-state index in [9.17, 15) is 19.7 Å². The first-order valence-electron chi connectivity index (χ1n) is 8.81. The zero-order chi connectivity index (χ0) is 19.4. The summed E-state index contributed by atoms with van der Waals surface area (Å²) in [6.45, 7) is 3.81. The number of nitrogens with one attached hydrogen (secondary N) is 1. The van der Waals surface area contributed by atoms with Crippen LogP contribution in [0.1, 0.15) is 30.5 Å². The SMILES string of the molecule is Cc1[nH]n(-c2ccc([N+](=O)[O-])cc2)c(=O)c1C=NCCCN1CCCC1=O. The van der Waals surface area contributed by atoms with Crippen molar-refractivity contribution < 1.29 is 9.72 Å². The molecular weight excluding hydrogens is 350 g/mol. The Morgan fingerprint density at radius 3 is 2.67 bits per heavy atom. The van der Waals surface area contributed by atoms with E-state index in [4.69, 9.17) is 0 Å². The third-order valence-electron chi connectivity index (χ3n) is 4.54. The number of amides is 1. The van der Waals surface area contributed by atoms with E-state index < -0.39 is 4.92 Å². The summed E-state index contributed by atoms with van der Waals surface area (Å²) in [5.74, 6) is 0.200. The lowest BCUT2D eigenvalue weighted by Crippen LogP contribution is -2.26. The largest absolute Gasteiger partial charge is 0.343 e. The number of aromatic amines is 1. The Morgan fingerprint density at radius 2 is 2.04 bits per heavy atom. The van der Waals surface area contributed by atoms with Crippen LogP contribution in [0.2, 0.25) is 0 Å². The van der Waals surface area contributed by atoms with Gasteiger partial charge in [0, 0.05) is 50.1 Å².